The predicted octanol–water partition coefficient (Wildman–Crippen LogP) is 2.74. The fraction of sp³-hybridized carbons (Fsp3) is 0.350. The van der Waals surface area contributed by atoms with Crippen LogP contribution in [0.5, 0.6) is 5.88 Å². The summed E-state index contributed by atoms with van der Waals surface area (Å²) in [7, 11) is 1.59. The number of carbonyl (C=O) groups excluding carboxylic acids is 1. The minimum atomic E-state index is 0.281. The molecule has 1 aliphatic heterocycles. The van der Waals surface area contributed by atoms with Crippen LogP contribution < -0.4 is 15.5 Å². The average Bonchev–Trinajstić information content (AvgIpc) is 3.05. The molecule has 0 bridgehead atoms. The van der Waals surface area contributed by atoms with Crippen LogP contribution in [-0.2, 0) is 14.4 Å². The van der Waals surface area contributed by atoms with Gasteiger partial charge in [0.2, 0.25) is 5.88 Å². The third kappa shape index (κ3) is 8.54. The lowest BCUT2D eigenvalue weighted by atomic mass is 10.2. The molecular weight excluding hydrogens is 431 g/mol. The summed E-state index contributed by atoms with van der Waals surface area (Å²) >= 11 is 11.2. The van der Waals surface area contributed by atoms with Crippen molar-refractivity contribution in [3.05, 3.63) is 58.2 Å². The van der Waals surface area contributed by atoms with Crippen LogP contribution in [0.25, 0.3) is 0 Å². The molecule has 30 heavy (non-hydrogen) atoms. The molecule has 8 nitrogen and oxygen atoms in total. The fourth-order valence-corrected chi connectivity index (χ4v) is 2.73. The van der Waals surface area contributed by atoms with Gasteiger partial charge >= 0.3 is 6.47 Å². The number of amidine groups is 1. The van der Waals surface area contributed by atoms with Crippen LogP contribution in [0.2, 0.25) is 10.0 Å². The fourth-order valence-electron chi connectivity index (χ4n) is 2.46. The topological polar surface area (TPSA) is 94.1 Å². The van der Waals surface area contributed by atoms with Crippen LogP contribution in [0.15, 0.2) is 47.6 Å². The smallest absolute Gasteiger partial charge is 0.320 e. The number of nitrogens with one attached hydrogen (secondary N) is 2. The lowest BCUT2D eigenvalue weighted by Gasteiger charge is -2.15. The van der Waals surface area contributed by atoms with Gasteiger partial charge < -0.3 is 19.6 Å². The van der Waals surface area contributed by atoms with Gasteiger partial charge in [0, 0.05) is 43.9 Å². The zero-order valence-corrected chi connectivity index (χ0v) is 18.0. The number of rotatable bonds is 6. The highest BCUT2D eigenvalue weighted by Crippen LogP contribution is 2.19. The maximum atomic E-state index is 10.2. The van der Waals surface area contributed by atoms with Crippen LogP contribution >= 0.6 is 23.2 Å². The van der Waals surface area contributed by atoms with Crippen molar-refractivity contribution in [2.45, 2.75) is 0 Å². The minimum Gasteiger partial charge on any atom is -0.477 e. The van der Waals surface area contributed by atoms with Gasteiger partial charge in [-0.05, 0) is 18.2 Å². The summed E-state index contributed by atoms with van der Waals surface area (Å²) in [6.45, 7) is 3.92. The van der Waals surface area contributed by atoms with Crippen molar-refractivity contribution in [2.75, 3.05) is 40.0 Å². The van der Waals surface area contributed by atoms with Gasteiger partial charge in [0.1, 0.15) is 0 Å². The zero-order valence-electron chi connectivity index (χ0n) is 16.5. The van der Waals surface area contributed by atoms with Crippen molar-refractivity contribution in [1.82, 2.24) is 15.8 Å². The summed E-state index contributed by atoms with van der Waals surface area (Å²) in [6, 6.07) is 10.7. The van der Waals surface area contributed by atoms with E-state index >= 15 is 0 Å². The van der Waals surface area contributed by atoms with E-state index in [4.69, 9.17) is 32.7 Å². The lowest BCUT2D eigenvalue weighted by molar-refractivity contribution is -0.132. The number of ether oxygens (including phenoxy) is 2. The van der Waals surface area contributed by atoms with Crippen LogP contribution in [0.1, 0.15) is 5.56 Å². The van der Waals surface area contributed by atoms with E-state index in [0.29, 0.717) is 47.0 Å². The summed E-state index contributed by atoms with van der Waals surface area (Å²) in [6.07, 6.45) is 1.61. The number of hydroxylamine groups is 1. The Balaban J connectivity index is 0.000000335. The third-order valence-electron chi connectivity index (χ3n) is 3.94. The molecule has 0 spiro atoms. The number of aromatic nitrogens is 1. The van der Waals surface area contributed by atoms with Gasteiger partial charge in [0.15, 0.2) is 5.84 Å². The maximum absolute atomic E-state index is 10.2. The highest BCUT2D eigenvalue weighted by atomic mass is 35.5. The highest BCUT2D eigenvalue weighted by molar-refractivity contribution is 6.41. The molecule has 1 aromatic heterocycles. The van der Waals surface area contributed by atoms with Gasteiger partial charge in [-0.15, -0.1) is 0 Å². The summed E-state index contributed by atoms with van der Waals surface area (Å²) in [5.74, 6) is 1.18. The first-order valence-electron chi connectivity index (χ1n) is 9.23. The molecule has 10 heteroatoms. The Bertz CT molecular complexity index is 794. The molecule has 1 atom stereocenters. The van der Waals surface area contributed by atoms with Gasteiger partial charge in [0.05, 0.1) is 29.9 Å². The average molecular weight is 455 g/mol. The molecule has 1 fully saturated rings. The predicted molar refractivity (Wildman–Crippen MR) is 116 cm³/mol. The quantitative estimate of drug-likeness (QED) is 0.300. The molecular formula is C20H24Cl2N4O4. The van der Waals surface area contributed by atoms with E-state index < -0.39 is 0 Å². The molecule has 1 aromatic carbocycles. The van der Waals surface area contributed by atoms with Crippen LogP contribution in [0, 0.1) is 5.92 Å². The van der Waals surface area contributed by atoms with Crippen molar-refractivity contribution in [2.24, 2.45) is 10.9 Å². The van der Waals surface area contributed by atoms with E-state index in [1.54, 1.807) is 37.5 Å². The standard InChI is InChI=1S/C14H20N4O4.C6H4Cl2/c1-15-14(18-22-10-19)12-2-3-17-13(6-12)21-9-11-7-16-4-5-20-8-11;7-5-3-1-2-4-6(5)8/h2-3,6,10-11,16H,4-5,7-9H2,1H3,(H,15,18);1-4H. The van der Waals surface area contributed by atoms with Gasteiger partial charge in [-0.1, -0.05) is 35.3 Å². The van der Waals surface area contributed by atoms with Gasteiger partial charge in [-0.2, -0.15) is 0 Å². The second-order valence-corrected chi connectivity index (χ2v) is 6.96. The molecule has 0 aliphatic carbocycles. The summed E-state index contributed by atoms with van der Waals surface area (Å²) in [5.41, 5.74) is 3.16. The zero-order chi connectivity index (χ0) is 21.6. The summed E-state index contributed by atoms with van der Waals surface area (Å²) in [4.78, 5) is 22.9. The van der Waals surface area contributed by atoms with Gasteiger partial charge in [0.25, 0.3) is 0 Å². The summed E-state index contributed by atoms with van der Waals surface area (Å²) < 4.78 is 11.2. The minimum absolute atomic E-state index is 0.281. The number of pyridine rings is 1. The van der Waals surface area contributed by atoms with E-state index in [1.807, 2.05) is 12.1 Å². The molecule has 0 saturated carbocycles. The Morgan fingerprint density at radius 1 is 1.37 bits per heavy atom. The van der Waals surface area contributed by atoms with E-state index in [-0.39, 0.29) is 5.92 Å². The Kier molecular flexibility index (Phi) is 11.0. The number of hydrogen-bond acceptors (Lipinski definition) is 7. The number of benzene rings is 1. The third-order valence-corrected chi connectivity index (χ3v) is 4.69. The molecule has 2 heterocycles. The van der Waals surface area contributed by atoms with E-state index in [2.05, 4.69) is 25.6 Å². The van der Waals surface area contributed by atoms with Crippen molar-refractivity contribution in [1.29, 1.82) is 0 Å². The molecule has 2 N–H and O–H groups in total. The molecule has 0 radical (unpaired) electrons. The number of halogens is 2. The summed E-state index contributed by atoms with van der Waals surface area (Å²) in [5, 5.41) is 4.50. The van der Waals surface area contributed by atoms with E-state index in [0.717, 1.165) is 19.7 Å². The number of hydrogen-bond donors (Lipinski definition) is 2. The number of aliphatic imine (C=N–C) groups is 1. The first kappa shape index (κ1) is 23.9. The van der Waals surface area contributed by atoms with E-state index in [9.17, 15) is 4.79 Å². The maximum Gasteiger partial charge on any atom is 0.320 e. The SMILES string of the molecule is CN=C(NOC=O)c1ccnc(OCC2CNCCOC2)c1.Clc1ccccc1Cl. The van der Waals surface area contributed by atoms with E-state index in [1.165, 1.54) is 0 Å². The number of carbonyl (C=O) groups is 1. The molecule has 162 valence electrons. The molecule has 1 unspecified atom stereocenters. The highest BCUT2D eigenvalue weighted by Gasteiger charge is 2.14. The monoisotopic (exact) mass is 454 g/mol. The van der Waals surface area contributed by atoms with Crippen molar-refractivity contribution in [3.8, 4) is 5.88 Å². The molecule has 3 rings (SSSR count). The van der Waals surface area contributed by atoms with Crippen molar-refractivity contribution in [3.63, 3.8) is 0 Å². The van der Waals surface area contributed by atoms with Crippen LogP contribution in [0.4, 0.5) is 0 Å². The van der Waals surface area contributed by atoms with Crippen molar-refractivity contribution < 1.29 is 19.1 Å². The first-order chi connectivity index (χ1) is 14.6. The lowest BCUT2D eigenvalue weighted by Crippen LogP contribution is -2.27. The molecule has 1 saturated heterocycles. The second kappa shape index (κ2) is 13.8. The normalized spacial score (nSPS) is 16.5. The van der Waals surface area contributed by atoms with Crippen LogP contribution in [-0.4, -0.2) is 57.2 Å². The second-order valence-electron chi connectivity index (χ2n) is 6.14. The Morgan fingerprint density at radius 2 is 2.13 bits per heavy atom. The Morgan fingerprint density at radius 3 is 2.80 bits per heavy atom. The first-order valence-corrected chi connectivity index (χ1v) is 9.99. The van der Waals surface area contributed by atoms with Gasteiger partial charge in [-0.25, -0.2) is 10.5 Å². The Labute approximate surface area is 185 Å². The van der Waals surface area contributed by atoms with Crippen LogP contribution in [0.3, 0.4) is 0 Å². The molecule has 0 amide bonds. The molecule has 1 aliphatic rings. The number of nitrogens with zero attached hydrogens (tertiary/aromatic N) is 2. The largest absolute Gasteiger partial charge is 0.477 e. The Hall–Kier alpha value is -2.39. The van der Waals surface area contributed by atoms with Crippen molar-refractivity contribution >= 4 is 35.5 Å². The van der Waals surface area contributed by atoms with Gasteiger partial charge in [-0.3, -0.25) is 9.79 Å². The molecule has 2 aromatic rings.